The predicted molar refractivity (Wildman–Crippen MR) is 216 cm³/mol. The maximum absolute atomic E-state index is 10.5. The van der Waals surface area contributed by atoms with Crippen LogP contribution in [0.15, 0.2) is 30.3 Å². The Morgan fingerprint density at radius 1 is 0.333 bits per heavy atom. The number of hydrogen-bond acceptors (Lipinski definition) is 3. The topological polar surface area (TPSA) is 60.7 Å². The van der Waals surface area contributed by atoms with Crippen molar-refractivity contribution in [2.75, 3.05) is 12.3 Å². The Morgan fingerprint density at radius 2 is 0.583 bits per heavy atom. The molecule has 0 aliphatic rings. The molecule has 1 aromatic carbocycles. The van der Waals surface area contributed by atoms with Gasteiger partial charge in [-0.05, 0) is 18.4 Å². The first kappa shape index (κ1) is 45.6. The van der Waals surface area contributed by atoms with E-state index in [0.717, 1.165) is 38.5 Å². The Hall–Kier alpha value is -0.470. The Morgan fingerprint density at radius 3 is 0.875 bits per heavy atom. The van der Waals surface area contributed by atoms with Crippen molar-refractivity contribution in [3.05, 3.63) is 35.9 Å². The summed E-state index contributed by atoms with van der Waals surface area (Å²) >= 11 is 0. The van der Waals surface area contributed by atoms with Crippen LogP contribution in [0.1, 0.15) is 231 Å². The van der Waals surface area contributed by atoms with Crippen LogP contribution >= 0.6 is 7.28 Å². The molecule has 284 valence electrons. The molecule has 0 unspecified atom stereocenters. The average molecular weight is 693 g/mol. The molecule has 0 saturated carbocycles. The smallest absolute Gasteiger partial charge is 0.0622 e. The summed E-state index contributed by atoms with van der Waals surface area (Å²) < 4.78 is 0. The number of rotatable bonds is 38. The molecule has 0 aromatic heterocycles. The summed E-state index contributed by atoms with van der Waals surface area (Å²) in [6.07, 6.45) is 46.0. The van der Waals surface area contributed by atoms with Crippen molar-refractivity contribution in [2.45, 2.75) is 232 Å². The van der Waals surface area contributed by atoms with E-state index in [9.17, 15) is 14.7 Å². The fourth-order valence-corrected chi connectivity index (χ4v) is 9.30. The molecule has 0 fully saturated rings. The minimum atomic E-state index is -4.41. The van der Waals surface area contributed by atoms with E-state index in [0.29, 0.717) is 0 Å². The number of aryl methyl sites for hydroxylation is 1. The Labute approximate surface area is 301 Å². The van der Waals surface area contributed by atoms with Gasteiger partial charge < -0.3 is 0 Å². The molecule has 4 heteroatoms. The quantitative estimate of drug-likeness (QED) is 0.0477. The van der Waals surface area contributed by atoms with Crippen LogP contribution in [0.25, 0.3) is 0 Å². The molecule has 0 spiro atoms. The Balaban J connectivity index is 1.77. The molecule has 0 radical (unpaired) electrons. The van der Waals surface area contributed by atoms with Gasteiger partial charge in [-0.15, -0.1) is 0 Å². The normalized spacial score (nSPS) is 12.8. The molecule has 1 rings (SSSR count). The summed E-state index contributed by atoms with van der Waals surface area (Å²) in [4.78, 5) is 31.6. The molecular formula is C44H85O3P. The fraction of sp³-hybridized carbons (Fsp3) is 0.864. The third-order valence-electron chi connectivity index (χ3n) is 10.6. The van der Waals surface area contributed by atoms with Crippen LogP contribution in [0, 0.1) is 0 Å². The summed E-state index contributed by atoms with van der Waals surface area (Å²) in [6, 6.07) is 10.9. The first-order valence-corrected chi connectivity index (χ1v) is 24.2. The van der Waals surface area contributed by atoms with Gasteiger partial charge in [0.2, 0.25) is 0 Å². The van der Waals surface area contributed by atoms with Crippen LogP contribution in [0.3, 0.4) is 0 Å². The first-order chi connectivity index (χ1) is 23.4. The SMILES string of the molecule is CCCCCCCCCCCCCCCCCCCP(O)(O)(O)CCCCCCCCCCCCCCCCCCCc1ccccc1. The summed E-state index contributed by atoms with van der Waals surface area (Å²) in [7, 11) is -4.41. The minimum absolute atomic E-state index is 0.207. The molecule has 0 bridgehead atoms. The van der Waals surface area contributed by atoms with Crippen molar-refractivity contribution < 1.29 is 14.7 Å². The van der Waals surface area contributed by atoms with Gasteiger partial charge in [-0.25, -0.2) is 0 Å². The van der Waals surface area contributed by atoms with Crippen molar-refractivity contribution in [1.29, 1.82) is 0 Å². The molecule has 0 heterocycles. The second kappa shape index (κ2) is 32.4. The third kappa shape index (κ3) is 32.7. The van der Waals surface area contributed by atoms with Crippen molar-refractivity contribution >= 4 is 7.28 Å². The van der Waals surface area contributed by atoms with Gasteiger partial charge in [-0.1, -0.05) is 108 Å². The zero-order chi connectivity index (χ0) is 34.7. The molecule has 0 aliphatic heterocycles. The van der Waals surface area contributed by atoms with E-state index < -0.39 is 7.28 Å². The van der Waals surface area contributed by atoms with Gasteiger partial charge in [0.25, 0.3) is 0 Å². The summed E-state index contributed by atoms with van der Waals surface area (Å²) in [5.74, 6) is 0. The zero-order valence-electron chi connectivity index (χ0n) is 32.3. The molecule has 3 nitrogen and oxygen atoms in total. The predicted octanol–water partition coefficient (Wildman–Crippen LogP) is 14.8. The number of unbranched alkanes of at least 4 members (excludes halogenated alkanes) is 32. The second-order valence-electron chi connectivity index (χ2n) is 15.7. The van der Waals surface area contributed by atoms with Gasteiger partial charge in [-0.3, -0.25) is 0 Å². The first-order valence-electron chi connectivity index (χ1n) is 21.7. The van der Waals surface area contributed by atoms with Gasteiger partial charge in [0, 0.05) is 0 Å². The maximum atomic E-state index is 10.5. The fourth-order valence-electron chi connectivity index (χ4n) is 7.33. The molecule has 0 amide bonds. The van der Waals surface area contributed by atoms with E-state index >= 15 is 0 Å². The van der Waals surface area contributed by atoms with E-state index in [1.165, 1.54) is 192 Å². The summed E-state index contributed by atoms with van der Waals surface area (Å²) in [6.45, 7) is 2.28. The van der Waals surface area contributed by atoms with Crippen LogP contribution in [-0.4, -0.2) is 27.0 Å². The molecule has 0 atom stereocenters. The van der Waals surface area contributed by atoms with Crippen LogP contribution in [-0.2, 0) is 6.42 Å². The van der Waals surface area contributed by atoms with E-state index in [-0.39, 0.29) is 12.3 Å². The van der Waals surface area contributed by atoms with Gasteiger partial charge in [0.05, 0.1) is 0 Å². The third-order valence-corrected chi connectivity index (χ3v) is 13.1. The van der Waals surface area contributed by atoms with Gasteiger partial charge >= 0.3 is 176 Å². The van der Waals surface area contributed by atoms with Crippen LogP contribution in [0.5, 0.6) is 0 Å². The molecule has 0 aliphatic carbocycles. The molecule has 48 heavy (non-hydrogen) atoms. The number of hydrogen-bond donors (Lipinski definition) is 3. The molecule has 1 aromatic rings. The number of benzene rings is 1. The molecule has 3 N–H and O–H groups in total. The van der Waals surface area contributed by atoms with Crippen LogP contribution in [0.2, 0.25) is 0 Å². The van der Waals surface area contributed by atoms with Crippen molar-refractivity contribution in [1.82, 2.24) is 0 Å². The monoisotopic (exact) mass is 693 g/mol. The van der Waals surface area contributed by atoms with Crippen molar-refractivity contribution in [3.8, 4) is 0 Å². The van der Waals surface area contributed by atoms with Gasteiger partial charge in [-0.2, -0.15) is 0 Å². The van der Waals surface area contributed by atoms with Crippen LogP contribution < -0.4 is 0 Å². The van der Waals surface area contributed by atoms with Gasteiger partial charge in [0.15, 0.2) is 0 Å². The van der Waals surface area contributed by atoms with E-state index in [2.05, 4.69) is 37.3 Å². The average Bonchev–Trinajstić information content (AvgIpc) is 3.07. The second-order valence-corrected chi connectivity index (χ2v) is 19.3. The van der Waals surface area contributed by atoms with Gasteiger partial charge in [0.1, 0.15) is 0 Å². The van der Waals surface area contributed by atoms with E-state index in [4.69, 9.17) is 0 Å². The Bertz CT molecular complexity index is 774. The van der Waals surface area contributed by atoms with Crippen molar-refractivity contribution in [3.63, 3.8) is 0 Å². The molecule has 0 saturated heterocycles. The summed E-state index contributed by atoms with van der Waals surface area (Å²) in [5, 5.41) is 0. The van der Waals surface area contributed by atoms with Crippen molar-refractivity contribution in [2.24, 2.45) is 0 Å². The van der Waals surface area contributed by atoms with E-state index in [1.807, 2.05) is 0 Å². The zero-order valence-corrected chi connectivity index (χ0v) is 33.2. The van der Waals surface area contributed by atoms with Crippen LogP contribution in [0.4, 0.5) is 0 Å². The summed E-state index contributed by atoms with van der Waals surface area (Å²) in [5.41, 5.74) is 1.48. The molecular weight excluding hydrogens is 607 g/mol. The standard InChI is InChI=1S/C44H85O3P/c1-2-3-4-5-6-7-8-9-10-13-16-19-22-25-28-31-37-42-48(45,46,47)43-38-32-29-26-23-20-17-14-11-12-15-18-21-24-27-30-34-39-44-40-35-33-36-41-44/h33,35-36,40-41,45-47H,2-32,34,37-39,42-43H2,1H3. The minimum Gasteiger partial charge on any atom is -0.0622 e. The van der Waals surface area contributed by atoms with E-state index in [1.54, 1.807) is 0 Å². The Kier molecular flexibility index (Phi) is 30.8.